The normalized spacial score (nSPS) is 15.3. The molecule has 0 radical (unpaired) electrons. The zero-order chi connectivity index (χ0) is 17.2. The van der Waals surface area contributed by atoms with E-state index in [1.54, 1.807) is 6.20 Å². The first-order chi connectivity index (χ1) is 12.2. The molecule has 0 aliphatic carbocycles. The van der Waals surface area contributed by atoms with E-state index >= 15 is 0 Å². The van der Waals surface area contributed by atoms with Crippen LogP contribution in [-0.2, 0) is 6.54 Å². The van der Waals surface area contributed by atoms with Crippen LogP contribution in [-0.4, -0.2) is 32.8 Å². The van der Waals surface area contributed by atoms with Crippen LogP contribution in [0.4, 0.5) is 0 Å². The van der Waals surface area contributed by atoms with Crippen molar-refractivity contribution < 1.29 is 14.0 Å². The van der Waals surface area contributed by atoms with E-state index < -0.39 is 0 Å². The standard InChI is InChI=1S/C17H19N5O3/c1-11(12(2)22-7-3-6-19-22)18-9-16-20-17(21-25-16)13-4-5-14-15(8-13)24-10-23-14/h3-8,11-12,18H,9-10H2,1-2H3/t11-,12-/m0/s1. The van der Waals surface area contributed by atoms with Crippen molar-refractivity contribution >= 4 is 0 Å². The molecule has 0 amide bonds. The second-order valence-corrected chi connectivity index (χ2v) is 5.98. The molecule has 0 unspecified atom stereocenters. The molecule has 1 aliphatic rings. The molecule has 0 saturated heterocycles. The van der Waals surface area contributed by atoms with Crippen molar-refractivity contribution in [3.63, 3.8) is 0 Å². The second-order valence-electron chi connectivity index (χ2n) is 5.98. The van der Waals surface area contributed by atoms with Crippen molar-refractivity contribution in [2.75, 3.05) is 6.79 Å². The molecule has 3 heterocycles. The highest BCUT2D eigenvalue weighted by atomic mass is 16.7. The van der Waals surface area contributed by atoms with E-state index in [9.17, 15) is 0 Å². The number of hydrogen-bond donors (Lipinski definition) is 1. The Hall–Kier alpha value is -2.87. The SMILES string of the molecule is C[C@H](NCc1nc(-c2ccc3c(c2)OCO3)no1)[C@H](C)n1cccn1. The molecule has 3 aromatic rings. The number of rotatable bonds is 6. The predicted molar refractivity (Wildman–Crippen MR) is 89.1 cm³/mol. The Morgan fingerprint density at radius 3 is 2.96 bits per heavy atom. The quantitative estimate of drug-likeness (QED) is 0.736. The van der Waals surface area contributed by atoms with Crippen molar-refractivity contribution in [1.82, 2.24) is 25.2 Å². The Morgan fingerprint density at radius 2 is 2.12 bits per heavy atom. The molecule has 4 rings (SSSR count). The maximum atomic E-state index is 5.38. The van der Waals surface area contributed by atoms with E-state index in [-0.39, 0.29) is 18.9 Å². The molecular weight excluding hydrogens is 322 g/mol. The van der Waals surface area contributed by atoms with Crippen molar-refractivity contribution in [2.24, 2.45) is 0 Å². The molecule has 8 heteroatoms. The third-order valence-electron chi connectivity index (χ3n) is 4.34. The van der Waals surface area contributed by atoms with Gasteiger partial charge in [0.25, 0.3) is 0 Å². The third-order valence-corrected chi connectivity index (χ3v) is 4.34. The lowest BCUT2D eigenvalue weighted by atomic mass is 10.2. The minimum atomic E-state index is 0.195. The monoisotopic (exact) mass is 341 g/mol. The highest BCUT2D eigenvalue weighted by molar-refractivity contribution is 5.61. The van der Waals surface area contributed by atoms with Crippen LogP contribution >= 0.6 is 0 Å². The summed E-state index contributed by atoms with van der Waals surface area (Å²) < 4.78 is 17.9. The van der Waals surface area contributed by atoms with E-state index in [1.807, 2.05) is 35.1 Å². The summed E-state index contributed by atoms with van der Waals surface area (Å²) in [5.74, 6) is 2.49. The Balaban J connectivity index is 1.40. The average Bonchev–Trinajstić information content (AvgIpc) is 3.39. The van der Waals surface area contributed by atoms with Gasteiger partial charge >= 0.3 is 0 Å². The van der Waals surface area contributed by atoms with Gasteiger partial charge in [0.05, 0.1) is 12.6 Å². The first-order valence-electron chi connectivity index (χ1n) is 8.16. The summed E-state index contributed by atoms with van der Waals surface area (Å²) in [6, 6.07) is 7.91. The highest BCUT2D eigenvalue weighted by Gasteiger charge is 2.18. The van der Waals surface area contributed by atoms with Gasteiger partial charge in [0, 0.05) is 24.0 Å². The first kappa shape index (κ1) is 15.6. The molecule has 2 atom stereocenters. The lowest BCUT2D eigenvalue weighted by molar-refractivity contribution is 0.174. The number of aromatic nitrogens is 4. The van der Waals surface area contributed by atoms with Crippen LogP contribution in [0.3, 0.4) is 0 Å². The van der Waals surface area contributed by atoms with Gasteiger partial charge in [0.2, 0.25) is 18.5 Å². The molecule has 1 aliphatic heterocycles. The number of nitrogens with zero attached hydrogens (tertiary/aromatic N) is 4. The summed E-state index contributed by atoms with van der Waals surface area (Å²) in [7, 11) is 0. The van der Waals surface area contributed by atoms with Crippen LogP contribution in [0.15, 0.2) is 41.2 Å². The smallest absolute Gasteiger partial charge is 0.240 e. The number of ether oxygens (including phenoxy) is 2. The lowest BCUT2D eigenvalue weighted by Crippen LogP contribution is -2.33. The topological polar surface area (TPSA) is 87.2 Å². The number of fused-ring (bicyclic) bond motifs is 1. The second kappa shape index (κ2) is 6.56. The predicted octanol–water partition coefficient (Wildman–Crippen LogP) is 2.40. The van der Waals surface area contributed by atoms with Crippen LogP contribution in [0.5, 0.6) is 11.5 Å². The summed E-state index contributed by atoms with van der Waals surface area (Å²) in [4.78, 5) is 4.44. The van der Waals surface area contributed by atoms with Crippen LogP contribution < -0.4 is 14.8 Å². The van der Waals surface area contributed by atoms with Gasteiger partial charge in [-0.05, 0) is 38.1 Å². The summed E-state index contributed by atoms with van der Waals surface area (Å²) in [5.41, 5.74) is 0.831. The Kier molecular flexibility index (Phi) is 4.10. The summed E-state index contributed by atoms with van der Waals surface area (Å²) in [6.45, 7) is 4.94. The van der Waals surface area contributed by atoms with Gasteiger partial charge in [-0.1, -0.05) is 5.16 Å². The molecule has 8 nitrogen and oxygen atoms in total. The number of hydrogen-bond acceptors (Lipinski definition) is 7. The molecule has 1 N–H and O–H groups in total. The zero-order valence-corrected chi connectivity index (χ0v) is 14.0. The molecular formula is C17H19N5O3. The van der Waals surface area contributed by atoms with Gasteiger partial charge in [-0.3, -0.25) is 4.68 Å². The molecule has 1 aromatic carbocycles. The number of nitrogens with one attached hydrogen (secondary N) is 1. The molecule has 0 spiro atoms. The van der Waals surface area contributed by atoms with E-state index in [1.165, 1.54) is 0 Å². The minimum absolute atomic E-state index is 0.195. The van der Waals surface area contributed by atoms with E-state index in [4.69, 9.17) is 14.0 Å². The molecule has 2 aromatic heterocycles. The fraction of sp³-hybridized carbons (Fsp3) is 0.353. The Labute approximate surface area is 144 Å². The van der Waals surface area contributed by atoms with Gasteiger partial charge in [-0.2, -0.15) is 10.1 Å². The van der Waals surface area contributed by atoms with Crippen molar-refractivity contribution in [2.45, 2.75) is 32.5 Å². The lowest BCUT2D eigenvalue weighted by Gasteiger charge is -2.20. The maximum absolute atomic E-state index is 5.38. The Bertz CT molecular complexity index is 846. The van der Waals surface area contributed by atoms with Gasteiger partial charge < -0.3 is 19.3 Å². The minimum Gasteiger partial charge on any atom is -0.454 e. The maximum Gasteiger partial charge on any atom is 0.240 e. The molecule has 0 bridgehead atoms. The van der Waals surface area contributed by atoms with Gasteiger partial charge in [-0.15, -0.1) is 0 Å². The van der Waals surface area contributed by atoms with Gasteiger partial charge in [0.15, 0.2) is 11.5 Å². The highest BCUT2D eigenvalue weighted by Crippen LogP contribution is 2.35. The zero-order valence-electron chi connectivity index (χ0n) is 14.0. The molecule has 0 fully saturated rings. The number of benzene rings is 1. The fourth-order valence-electron chi connectivity index (χ4n) is 2.65. The van der Waals surface area contributed by atoms with Crippen molar-refractivity contribution in [3.8, 4) is 22.9 Å². The molecule has 25 heavy (non-hydrogen) atoms. The van der Waals surface area contributed by atoms with Crippen LogP contribution in [0.2, 0.25) is 0 Å². The van der Waals surface area contributed by atoms with Gasteiger partial charge in [-0.25, -0.2) is 0 Å². The first-order valence-corrected chi connectivity index (χ1v) is 8.16. The molecule has 130 valence electrons. The average molecular weight is 341 g/mol. The van der Waals surface area contributed by atoms with Gasteiger partial charge in [0.1, 0.15) is 0 Å². The van der Waals surface area contributed by atoms with Crippen molar-refractivity contribution in [3.05, 3.63) is 42.5 Å². The van der Waals surface area contributed by atoms with Crippen LogP contribution in [0, 0.1) is 0 Å². The Morgan fingerprint density at radius 1 is 1.24 bits per heavy atom. The summed E-state index contributed by atoms with van der Waals surface area (Å²) in [6.07, 6.45) is 3.73. The molecule has 0 saturated carbocycles. The fourth-order valence-corrected chi connectivity index (χ4v) is 2.65. The van der Waals surface area contributed by atoms with E-state index in [2.05, 4.69) is 34.4 Å². The third kappa shape index (κ3) is 3.20. The van der Waals surface area contributed by atoms with Crippen LogP contribution in [0.1, 0.15) is 25.8 Å². The largest absolute Gasteiger partial charge is 0.454 e. The summed E-state index contributed by atoms with van der Waals surface area (Å²) in [5, 5.41) is 11.7. The van der Waals surface area contributed by atoms with E-state index in [0.717, 1.165) is 11.3 Å². The summed E-state index contributed by atoms with van der Waals surface area (Å²) >= 11 is 0. The van der Waals surface area contributed by atoms with E-state index in [0.29, 0.717) is 24.0 Å². The van der Waals surface area contributed by atoms with Crippen LogP contribution in [0.25, 0.3) is 11.4 Å². The van der Waals surface area contributed by atoms with Crippen molar-refractivity contribution in [1.29, 1.82) is 0 Å².